The molecule has 0 bridgehead atoms. The Morgan fingerprint density at radius 2 is 1.72 bits per heavy atom. The zero-order valence-electron chi connectivity index (χ0n) is 18.8. The van der Waals surface area contributed by atoms with Gasteiger partial charge in [-0.3, -0.25) is 14.6 Å². The van der Waals surface area contributed by atoms with Crippen LogP contribution in [-0.4, -0.2) is 16.8 Å². The fourth-order valence-corrected chi connectivity index (χ4v) is 3.39. The number of carbonyl (C=O) groups excluding carboxylic acids is 2. The number of rotatable bonds is 9. The van der Waals surface area contributed by atoms with Crippen molar-refractivity contribution in [2.75, 3.05) is 5.32 Å². The second-order valence-corrected chi connectivity index (χ2v) is 7.77. The SMILES string of the molecule is CCCC(=O)Nc1ccc(CNC(=O)c2cc(C)c(OCc3cccnc3)c(C)c2)cc1. The van der Waals surface area contributed by atoms with Crippen molar-refractivity contribution in [2.24, 2.45) is 0 Å². The molecule has 0 atom stereocenters. The first kappa shape index (κ1) is 23.0. The molecule has 0 radical (unpaired) electrons. The predicted octanol–water partition coefficient (Wildman–Crippen LogP) is 4.95. The van der Waals surface area contributed by atoms with Gasteiger partial charge in [0.05, 0.1) is 0 Å². The van der Waals surface area contributed by atoms with Gasteiger partial charge in [-0.1, -0.05) is 25.1 Å². The second-order valence-electron chi connectivity index (χ2n) is 7.77. The maximum Gasteiger partial charge on any atom is 0.251 e. The van der Waals surface area contributed by atoms with E-state index in [-0.39, 0.29) is 11.8 Å². The molecule has 0 saturated heterocycles. The number of aryl methyl sites for hydroxylation is 2. The van der Waals surface area contributed by atoms with Gasteiger partial charge in [0.2, 0.25) is 5.91 Å². The summed E-state index contributed by atoms with van der Waals surface area (Å²) < 4.78 is 5.97. The van der Waals surface area contributed by atoms with Crippen molar-refractivity contribution in [1.29, 1.82) is 0 Å². The summed E-state index contributed by atoms with van der Waals surface area (Å²) in [4.78, 5) is 28.5. The van der Waals surface area contributed by atoms with Crippen LogP contribution in [0.1, 0.15) is 52.4 Å². The van der Waals surface area contributed by atoms with Crippen LogP contribution < -0.4 is 15.4 Å². The Morgan fingerprint density at radius 3 is 2.34 bits per heavy atom. The van der Waals surface area contributed by atoms with Crippen molar-refractivity contribution >= 4 is 17.5 Å². The van der Waals surface area contributed by atoms with E-state index in [1.165, 1.54) is 0 Å². The zero-order valence-corrected chi connectivity index (χ0v) is 18.8. The van der Waals surface area contributed by atoms with Crippen LogP contribution in [0.5, 0.6) is 5.75 Å². The number of nitrogens with one attached hydrogen (secondary N) is 2. The van der Waals surface area contributed by atoms with Gasteiger partial charge in [0.15, 0.2) is 0 Å². The molecule has 0 aliphatic rings. The number of benzene rings is 2. The van der Waals surface area contributed by atoms with Crippen LogP contribution in [0.25, 0.3) is 0 Å². The monoisotopic (exact) mass is 431 g/mol. The first-order valence-electron chi connectivity index (χ1n) is 10.8. The van der Waals surface area contributed by atoms with Crippen LogP contribution in [0, 0.1) is 13.8 Å². The summed E-state index contributed by atoms with van der Waals surface area (Å²) in [7, 11) is 0. The lowest BCUT2D eigenvalue weighted by Gasteiger charge is -2.14. The molecule has 0 aliphatic carbocycles. The van der Waals surface area contributed by atoms with Gasteiger partial charge in [0.1, 0.15) is 12.4 Å². The molecule has 0 saturated carbocycles. The van der Waals surface area contributed by atoms with Gasteiger partial charge in [0, 0.05) is 42.2 Å². The third-order valence-corrected chi connectivity index (χ3v) is 5.00. The smallest absolute Gasteiger partial charge is 0.251 e. The molecule has 0 fully saturated rings. The van der Waals surface area contributed by atoms with Crippen LogP contribution in [0.3, 0.4) is 0 Å². The average molecular weight is 432 g/mol. The van der Waals surface area contributed by atoms with Crippen molar-refractivity contribution in [3.63, 3.8) is 0 Å². The number of nitrogens with zero attached hydrogens (tertiary/aromatic N) is 1. The number of carbonyl (C=O) groups is 2. The molecular weight excluding hydrogens is 402 g/mol. The number of hydrogen-bond donors (Lipinski definition) is 2. The maximum atomic E-state index is 12.7. The fourth-order valence-electron chi connectivity index (χ4n) is 3.39. The van der Waals surface area contributed by atoms with Gasteiger partial charge in [-0.2, -0.15) is 0 Å². The predicted molar refractivity (Wildman–Crippen MR) is 126 cm³/mol. The minimum absolute atomic E-state index is 0.00662. The number of pyridine rings is 1. The molecule has 1 aromatic heterocycles. The molecule has 32 heavy (non-hydrogen) atoms. The van der Waals surface area contributed by atoms with Crippen LogP contribution in [0.2, 0.25) is 0 Å². The van der Waals surface area contributed by atoms with E-state index in [1.54, 1.807) is 12.4 Å². The standard InChI is InChI=1S/C26H29N3O3/c1-4-6-24(30)29-23-10-8-20(9-11-23)16-28-26(31)22-13-18(2)25(19(3)14-22)32-17-21-7-5-12-27-15-21/h5,7-15H,4,6,16-17H2,1-3H3,(H,28,31)(H,29,30). The molecule has 166 valence electrons. The lowest BCUT2D eigenvalue weighted by Crippen LogP contribution is -2.23. The van der Waals surface area contributed by atoms with Gasteiger partial charge in [-0.05, 0) is 67.3 Å². The Hall–Kier alpha value is -3.67. The van der Waals surface area contributed by atoms with Gasteiger partial charge >= 0.3 is 0 Å². The molecule has 2 aromatic carbocycles. The molecular formula is C26H29N3O3. The summed E-state index contributed by atoms with van der Waals surface area (Å²) in [6, 6.07) is 15.0. The van der Waals surface area contributed by atoms with Gasteiger partial charge in [-0.15, -0.1) is 0 Å². The van der Waals surface area contributed by atoms with E-state index >= 15 is 0 Å². The van der Waals surface area contributed by atoms with Crippen LogP contribution in [-0.2, 0) is 17.9 Å². The Bertz CT molecular complexity index is 1040. The summed E-state index contributed by atoms with van der Waals surface area (Å²) in [5.74, 6) is 0.647. The van der Waals surface area contributed by atoms with Gasteiger partial charge in [0.25, 0.3) is 5.91 Å². The van der Waals surface area contributed by atoms with Crippen LogP contribution in [0.15, 0.2) is 60.9 Å². The number of hydrogen-bond acceptors (Lipinski definition) is 4. The van der Waals surface area contributed by atoms with Crippen molar-refractivity contribution in [3.05, 3.63) is 88.7 Å². The quantitative estimate of drug-likeness (QED) is 0.503. The number of aromatic nitrogens is 1. The Labute approximate surface area is 189 Å². The molecule has 3 aromatic rings. The van der Waals surface area contributed by atoms with E-state index in [0.717, 1.165) is 40.1 Å². The number of anilines is 1. The summed E-state index contributed by atoms with van der Waals surface area (Å²) in [5, 5.41) is 5.81. The Balaban J connectivity index is 1.57. The summed E-state index contributed by atoms with van der Waals surface area (Å²) >= 11 is 0. The Morgan fingerprint density at radius 1 is 1.00 bits per heavy atom. The normalized spacial score (nSPS) is 10.5. The van der Waals surface area contributed by atoms with Crippen molar-refractivity contribution < 1.29 is 14.3 Å². The molecule has 0 aliphatic heterocycles. The number of amides is 2. The molecule has 6 nitrogen and oxygen atoms in total. The van der Waals surface area contributed by atoms with E-state index in [0.29, 0.717) is 25.1 Å². The minimum atomic E-state index is -0.143. The first-order chi connectivity index (χ1) is 15.5. The average Bonchev–Trinajstić information content (AvgIpc) is 2.78. The molecule has 2 N–H and O–H groups in total. The van der Waals surface area contributed by atoms with Crippen molar-refractivity contribution in [2.45, 2.75) is 46.8 Å². The van der Waals surface area contributed by atoms with Crippen LogP contribution in [0.4, 0.5) is 5.69 Å². The van der Waals surface area contributed by atoms with Gasteiger partial charge < -0.3 is 15.4 Å². The highest BCUT2D eigenvalue weighted by atomic mass is 16.5. The van der Waals surface area contributed by atoms with Crippen molar-refractivity contribution in [3.8, 4) is 5.75 Å². The third-order valence-electron chi connectivity index (χ3n) is 5.00. The zero-order chi connectivity index (χ0) is 22.9. The minimum Gasteiger partial charge on any atom is -0.488 e. The summed E-state index contributed by atoms with van der Waals surface area (Å²) in [6.07, 6.45) is 4.82. The third kappa shape index (κ3) is 6.41. The largest absolute Gasteiger partial charge is 0.488 e. The number of ether oxygens (including phenoxy) is 1. The summed E-state index contributed by atoms with van der Waals surface area (Å²) in [6.45, 7) is 6.68. The molecule has 3 rings (SSSR count). The van der Waals surface area contributed by atoms with E-state index in [4.69, 9.17) is 4.74 Å². The molecule has 0 unspecified atom stereocenters. The summed E-state index contributed by atoms with van der Waals surface area (Å²) in [5.41, 5.74) is 5.11. The van der Waals surface area contributed by atoms with E-state index in [9.17, 15) is 9.59 Å². The van der Waals surface area contributed by atoms with Gasteiger partial charge in [-0.25, -0.2) is 0 Å². The second kappa shape index (κ2) is 11.1. The molecule has 6 heteroatoms. The van der Waals surface area contributed by atoms with E-state index < -0.39 is 0 Å². The Kier molecular flexibility index (Phi) is 7.97. The molecule has 1 heterocycles. The molecule has 0 spiro atoms. The van der Waals surface area contributed by atoms with E-state index in [1.807, 2.05) is 69.3 Å². The van der Waals surface area contributed by atoms with E-state index in [2.05, 4.69) is 15.6 Å². The highest BCUT2D eigenvalue weighted by Crippen LogP contribution is 2.26. The topological polar surface area (TPSA) is 80.3 Å². The van der Waals surface area contributed by atoms with Crippen LogP contribution >= 0.6 is 0 Å². The molecule has 2 amide bonds. The first-order valence-corrected chi connectivity index (χ1v) is 10.8. The highest BCUT2D eigenvalue weighted by Gasteiger charge is 2.12. The fraction of sp³-hybridized carbons (Fsp3) is 0.269. The lowest BCUT2D eigenvalue weighted by molar-refractivity contribution is -0.116. The highest BCUT2D eigenvalue weighted by molar-refractivity contribution is 5.95. The maximum absolute atomic E-state index is 12.7. The lowest BCUT2D eigenvalue weighted by atomic mass is 10.0. The van der Waals surface area contributed by atoms with Crippen molar-refractivity contribution in [1.82, 2.24) is 10.3 Å².